The minimum Gasteiger partial charge on any atom is -0.317 e. The average molecular weight is 250 g/mol. The molecule has 3 N–H and O–H groups in total. The summed E-state index contributed by atoms with van der Waals surface area (Å²) in [6.45, 7) is 8.95. The molecule has 0 bridgehead atoms. The zero-order valence-corrected chi connectivity index (χ0v) is 10.6. The molecule has 0 aromatic rings. The average Bonchev–Trinajstić information content (AvgIpc) is 2.13. The molecule has 0 heterocycles. The first-order chi connectivity index (χ1) is 7.42. The maximum absolute atomic E-state index is 10.4. The maximum Gasteiger partial charge on any atom is 0.264 e. The number of hydrogen-bond donors (Lipinski definition) is 3. The molecule has 0 aromatic carbocycles. The molecular formula is C10H22N2O3S. The molecular weight excluding hydrogens is 228 g/mol. The van der Waals surface area contributed by atoms with Crippen LogP contribution in [-0.2, 0) is 10.1 Å². The minimum absolute atomic E-state index is 0.173. The van der Waals surface area contributed by atoms with Crippen LogP contribution in [0.15, 0.2) is 12.2 Å². The van der Waals surface area contributed by atoms with Crippen LogP contribution in [0.4, 0.5) is 0 Å². The molecule has 6 heteroatoms. The molecule has 0 radical (unpaired) electrons. The van der Waals surface area contributed by atoms with Crippen LogP contribution in [0.5, 0.6) is 0 Å². The van der Waals surface area contributed by atoms with Gasteiger partial charge in [0.15, 0.2) is 0 Å². The van der Waals surface area contributed by atoms with E-state index in [9.17, 15) is 8.42 Å². The van der Waals surface area contributed by atoms with Gasteiger partial charge in [-0.1, -0.05) is 12.2 Å². The lowest BCUT2D eigenvalue weighted by molar-refractivity contribution is 0.479. The lowest BCUT2D eigenvalue weighted by Gasteiger charge is -2.05. The number of hydrogen-bond acceptors (Lipinski definition) is 4. The van der Waals surface area contributed by atoms with Crippen LogP contribution >= 0.6 is 0 Å². The van der Waals surface area contributed by atoms with Crippen molar-refractivity contribution in [2.24, 2.45) is 0 Å². The van der Waals surface area contributed by atoms with Gasteiger partial charge in [0.05, 0.1) is 5.75 Å². The molecule has 0 spiro atoms. The van der Waals surface area contributed by atoms with E-state index < -0.39 is 10.1 Å². The summed E-state index contributed by atoms with van der Waals surface area (Å²) in [5.41, 5.74) is 1.11. The van der Waals surface area contributed by atoms with Gasteiger partial charge in [0.1, 0.15) is 0 Å². The Labute approximate surface area is 98.1 Å². The van der Waals surface area contributed by atoms with E-state index in [1.807, 2.05) is 6.92 Å². The third-order valence-electron chi connectivity index (χ3n) is 1.89. The van der Waals surface area contributed by atoms with Crippen LogP contribution in [-0.4, -0.2) is 44.9 Å². The molecule has 5 nitrogen and oxygen atoms in total. The van der Waals surface area contributed by atoms with Gasteiger partial charge in [0.25, 0.3) is 10.1 Å². The second-order valence-electron chi connectivity index (χ2n) is 3.88. The van der Waals surface area contributed by atoms with Gasteiger partial charge in [-0.25, -0.2) is 0 Å². The zero-order valence-electron chi connectivity index (χ0n) is 9.83. The number of rotatable bonds is 10. The van der Waals surface area contributed by atoms with E-state index in [1.165, 1.54) is 0 Å². The summed E-state index contributed by atoms with van der Waals surface area (Å²) in [4.78, 5) is 0. The summed E-state index contributed by atoms with van der Waals surface area (Å²) in [5, 5.41) is 6.33. The predicted molar refractivity (Wildman–Crippen MR) is 66.2 cm³/mol. The van der Waals surface area contributed by atoms with E-state index in [2.05, 4.69) is 17.2 Å². The first kappa shape index (κ1) is 15.6. The van der Waals surface area contributed by atoms with Gasteiger partial charge in [-0.15, -0.1) is 0 Å². The standard InChI is InChI=1S/C10H22N2O3S/c1-10(2)9-12-6-3-5-11-7-4-8-16(13,14)15/h11-12H,1,3-9H2,2H3,(H,13,14,15). The van der Waals surface area contributed by atoms with Crippen molar-refractivity contribution in [3.63, 3.8) is 0 Å². The Morgan fingerprint density at radius 2 is 1.75 bits per heavy atom. The fourth-order valence-electron chi connectivity index (χ4n) is 1.14. The van der Waals surface area contributed by atoms with Gasteiger partial charge in [0.2, 0.25) is 0 Å². The van der Waals surface area contributed by atoms with Gasteiger partial charge in [-0.3, -0.25) is 4.55 Å². The van der Waals surface area contributed by atoms with Gasteiger partial charge < -0.3 is 10.6 Å². The van der Waals surface area contributed by atoms with Crippen molar-refractivity contribution in [2.45, 2.75) is 19.8 Å². The molecule has 0 rings (SSSR count). The number of nitrogens with one attached hydrogen (secondary N) is 2. The Morgan fingerprint density at radius 3 is 2.31 bits per heavy atom. The highest BCUT2D eigenvalue weighted by molar-refractivity contribution is 7.85. The Balaban J connectivity index is 3.13. The van der Waals surface area contributed by atoms with Crippen LogP contribution in [0.2, 0.25) is 0 Å². The van der Waals surface area contributed by atoms with E-state index in [4.69, 9.17) is 4.55 Å². The Bertz CT molecular complexity index is 288. The summed E-state index contributed by atoms with van der Waals surface area (Å²) < 4.78 is 29.2. The van der Waals surface area contributed by atoms with E-state index in [0.29, 0.717) is 13.0 Å². The highest BCUT2D eigenvalue weighted by Crippen LogP contribution is 1.86. The fourth-order valence-corrected chi connectivity index (χ4v) is 1.65. The van der Waals surface area contributed by atoms with E-state index in [1.54, 1.807) is 0 Å². The lowest BCUT2D eigenvalue weighted by Crippen LogP contribution is -2.24. The highest BCUT2D eigenvalue weighted by Gasteiger charge is 2.02. The van der Waals surface area contributed by atoms with Crippen molar-refractivity contribution >= 4 is 10.1 Å². The molecule has 0 saturated heterocycles. The summed E-state index contributed by atoms with van der Waals surface area (Å²) in [5.74, 6) is -0.173. The minimum atomic E-state index is -3.80. The van der Waals surface area contributed by atoms with Crippen LogP contribution in [0, 0.1) is 0 Å². The predicted octanol–water partition coefficient (Wildman–Crippen LogP) is 0.410. The molecule has 0 aliphatic rings. The second-order valence-corrected chi connectivity index (χ2v) is 5.45. The van der Waals surface area contributed by atoms with E-state index in [0.717, 1.165) is 31.6 Å². The summed E-state index contributed by atoms with van der Waals surface area (Å²) >= 11 is 0. The third-order valence-corrected chi connectivity index (χ3v) is 2.69. The summed E-state index contributed by atoms with van der Waals surface area (Å²) in [6, 6.07) is 0. The molecule has 96 valence electrons. The Hall–Kier alpha value is -0.430. The van der Waals surface area contributed by atoms with Gasteiger partial charge in [-0.05, 0) is 39.4 Å². The summed E-state index contributed by atoms with van der Waals surface area (Å²) in [6.07, 6.45) is 1.43. The molecule has 16 heavy (non-hydrogen) atoms. The van der Waals surface area contributed by atoms with Crippen molar-refractivity contribution in [3.8, 4) is 0 Å². The quantitative estimate of drug-likeness (QED) is 0.297. The van der Waals surface area contributed by atoms with Crippen molar-refractivity contribution in [2.75, 3.05) is 31.9 Å². The molecule has 0 saturated carbocycles. The first-order valence-electron chi connectivity index (χ1n) is 5.43. The topological polar surface area (TPSA) is 78.4 Å². The molecule has 0 atom stereocenters. The molecule has 0 unspecified atom stereocenters. The van der Waals surface area contributed by atoms with Gasteiger partial charge in [-0.2, -0.15) is 8.42 Å². The lowest BCUT2D eigenvalue weighted by atomic mass is 10.3. The largest absolute Gasteiger partial charge is 0.317 e. The second kappa shape index (κ2) is 8.69. The monoisotopic (exact) mass is 250 g/mol. The van der Waals surface area contributed by atoms with E-state index in [-0.39, 0.29) is 5.75 Å². The maximum atomic E-state index is 10.4. The normalized spacial score (nSPS) is 11.6. The molecule has 0 amide bonds. The van der Waals surface area contributed by atoms with Gasteiger partial charge in [0, 0.05) is 6.54 Å². The van der Waals surface area contributed by atoms with Crippen molar-refractivity contribution in [1.82, 2.24) is 10.6 Å². The molecule has 0 aromatic heterocycles. The summed E-state index contributed by atoms with van der Waals surface area (Å²) in [7, 11) is -3.80. The Kier molecular flexibility index (Phi) is 8.46. The van der Waals surface area contributed by atoms with Crippen LogP contribution in [0.25, 0.3) is 0 Å². The van der Waals surface area contributed by atoms with Crippen molar-refractivity contribution in [1.29, 1.82) is 0 Å². The highest BCUT2D eigenvalue weighted by atomic mass is 32.2. The van der Waals surface area contributed by atoms with Crippen molar-refractivity contribution in [3.05, 3.63) is 12.2 Å². The smallest absolute Gasteiger partial charge is 0.264 e. The SMILES string of the molecule is C=C(C)CNCCCNCCCS(=O)(=O)O. The van der Waals surface area contributed by atoms with Gasteiger partial charge >= 0.3 is 0 Å². The molecule has 0 aliphatic carbocycles. The van der Waals surface area contributed by atoms with Crippen LogP contribution < -0.4 is 10.6 Å². The van der Waals surface area contributed by atoms with Crippen LogP contribution in [0.1, 0.15) is 19.8 Å². The molecule has 0 fully saturated rings. The third kappa shape index (κ3) is 13.6. The van der Waals surface area contributed by atoms with E-state index >= 15 is 0 Å². The Morgan fingerprint density at radius 1 is 1.19 bits per heavy atom. The molecule has 0 aliphatic heterocycles. The van der Waals surface area contributed by atoms with Crippen LogP contribution in [0.3, 0.4) is 0 Å². The fraction of sp³-hybridized carbons (Fsp3) is 0.800. The first-order valence-corrected chi connectivity index (χ1v) is 7.04. The van der Waals surface area contributed by atoms with Crippen molar-refractivity contribution < 1.29 is 13.0 Å². The zero-order chi connectivity index (χ0) is 12.4.